The number of hydrogen-bond acceptors (Lipinski definition) is 2. The van der Waals surface area contributed by atoms with E-state index >= 15 is 0 Å². The maximum Gasteiger partial charge on any atom is 0.132 e. The van der Waals surface area contributed by atoms with Crippen molar-refractivity contribution in [2.24, 2.45) is 15.3 Å². The van der Waals surface area contributed by atoms with Crippen molar-refractivity contribution in [1.29, 1.82) is 5.41 Å². The number of unbranched alkanes of at least 4 members (excludes halogenated alkanes) is 2. The van der Waals surface area contributed by atoms with Gasteiger partial charge in [-0.3, -0.25) is 10.9 Å². The van der Waals surface area contributed by atoms with E-state index in [1.807, 2.05) is 0 Å². The first-order valence-electron chi connectivity index (χ1n) is 5.48. The highest BCUT2D eigenvalue weighted by atomic mass is 32.4. The fourth-order valence-electron chi connectivity index (χ4n) is 1.05. The van der Waals surface area contributed by atoms with Crippen LogP contribution in [-0.4, -0.2) is 24.4 Å². The van der Waals surface area contributed by atoms with Gasteiger partial charge in [0.2, 0.25) is 0 Å². The van der Waals surface area contributed by atoms with Gasteiger partial charge < -0.3 is 0 Å². The lowest BCUT2D eigenvalue weighted by atomic mass is 10.3. The van der Waals surface area contributed by atoms with Gasteiger partial charge in [-0.1, -0.05) is 37.5 Å². The lowest BCUT2D eigenvalue weighted by Crippen LogP contribution is -1.98. The molecule has 0 aliphatic heterocycles. The molecule has 1 atom stereocenters. The van der Waals surface area contributed by atoms with Crippen molar-refractivity contribution in [3.63, 3.8) is 0 Å². The van der Waals surface area contributed by atoms with Gasteiger partial charge in [0.15, 0.2) is 0 Å². The minimum absolute atomic E-state index is 0.134. The molecule has 0 rings (SSSR count). The van der Waals surface area contributed by atoms with E-state index in [0.29, 0.717) is 0 Å². The SMILES string of the molecule is C#CCC(=N)N=CC=NP(N)(=S)CCCCC. The standard InChI is InChI=1S/C11H19N4PS/c1-3-5-6-10-16(13,17)15-9-8-14-11(12)7-4-2/h2,8-9,12H,3,5-7,10H2,1H3,(H2,13,17). The van der Waals surface area contributed by atoms with Crippen LogP contribution in [0.2, 0.25) is 0 Å². The zero-order valence-corrected chi connectivity index (χ0v) is 11.8. The molecule has 0 aliphatic carbocycles. The first kappa shape index (κ1) is 16.2. The third kappa shape index (κ3) is 10.1. The molecule has 0 heterocycles. The fraction of sp³-hybridized carbons (Fsp3) is 0.545. The Bertz CT molecular complexity index is 381. The number of hydrogen-bond donors (Lipinski definition) is 2. The molecule has 0 saturated carbocycles. The molecule has 0 saturated heterocycles. The van der Waals surface area contributed by atoms with Crippen molar-refractivity contribution in [1.82, 2.24) is 0 Å². The van der Waals surface area contributed by atoms with Crippen molar-refractivity contribution in [2.45, 2.75) is 32.6 Å². The third-order valence-electron chi connectivity index (χ3n) is 1.91. The lowest BCUT2D eigenvalue weighted by Gasteiger charge is -2.09. The monoisotopic (exact) mass is 270 g/mol. The second-order valence-electron chi connectivity index (χ2n) is 3.56. The lowest BCUT2D eigenvalue weighted by molar-refractivity contribution is 0.775. The first-order valence-corrected chi connectivity index (χ1v) is 8.49. The minimum Gasteiger partial charge on any atom is -0.286 e. The number of terminal acetylenes is 1. The highest BCUT2D eigenvalue weighted by Gasteiger charge is 2.05. The van der Waals surface area contributed by atoms with Gasteiger partial charge in [0.25, 0.3) is 0 Å². The highest BCUT2D eigenvalue weighted by molar-refractivity contribution is 8.12. The van der Waals surface area contributed by atoms with Crippen LogP contribution in [0.25, 0.3) is 0 Å². The molecule has 0 aromatic carbocycles. The molecule has 0 spiro atoms. The Morgan fingerprint density at radius 2 is 2.24 bits per heavy atom. The number of amidine groups is 1. The van der Waals surface area contributed by atoms with Crippen LogP contribution in [0.4, 0.5) is 0 Å². The normalized spacial score (nSPS) is 14.9. The molecule has 0 fully saturated rings. The second-order valence-corrected chi connectivity index (χ2v) is 7.64. The van der Waals surface area contributed by atoms with Gasteiger partial charge >= 0.3 is 0 Å². The highest BCUT2D eigenvalue weighted by Crippen LogP contribution is 2.38. The molecular formula is C11H19N4PS. The van der Waals surface area contributed by atoms with Gasteiger partial charge in [-0.2, -0.15) is 0 Å². The first-order chi connectivity index (χ1) is 8.02. The topological polar surface area (TPSA) is 74.6 Å². The molecule has 0 aromatic heterocycles. The molecule has 3 N–H and O–H groups in total. The van der Waals surface area contributed by atoms with Crippen molar-refractivity contribution in [2.75, 3.05) is 6.16 Å². The molecule has 0 aliphatic rings. The van der Waals surface area contributed by atoms with Crippen molar-refractivity contribution in [3.05, 3.63) is 0 Å². The van der Waals surface area contributed by atoms with E-state index in [-0.39, 0.29) is 12.3 Å². The Kier molecular flexibility index (Phi) is 8.79. The summed E-state index contributed by atoms with van der Waals surface area (Å²) in [6.45, 7) is 2.13. The van der Waals surface area contributed by atoms with Gasteiger partial charge in [0, 0.05) is 18.6 Å². The number of aliphatic imine (C=N–C) groups is 1. The zero-order chi connectivity index (χ0) is 13.1. The average molecular weight is 270 g/mol. The molecule has 0 radical (unpaired) electrons. The van der Waals surface area contributed by atoms with Gasteiger partial charge in [0.05, 0.1) is 6.42 Å². The summed E-state index contributed by atoms with van der Waals surface area (Å²) in [5.41, 5.74) is 5.91. The Morgan fingerprint density at radius 3 is 2.82 bits per heavy atom. The molecule has 0 aromatic rings. The Labute approximate surface area is 108 Å². The number of nitrogens with one attached hydrogen (secondary N) is 1. The summed E-state index contributed by atoms with van der Waals surface area (Å²) in [6, 6.07) is 0. The average Bonchev–Trinajstić information content (AvgIpc) is 2.25. The molecule has 1 unspecified atom stereocenters. The summed E-state index contributed by atoms with van der Waals surface area (Å²) >= 11 is 5.23. The van der Waals surface area contributed by atoms with E-state index in [4.69, 9.17) is 29.1 Å². The van der Waals surface area contributed by atoms with Crippen LogP contribution in [0.15, 0.2) is 9.76 Å². The Hall–Kier alpha value is -0.820. The van der Waals surface area contributed by atoms with Crippen molar-refractivity contribution in [3.8, 4) is 12.3 Å². The Morgan fingerprint density at radius 1 is 1.53 bits per heavy atom. The minimum atomic E-state index is -2.10. The molecule has 4 nitrogen and oxygen atoms in total. The van der Waals surface area contributed by atoms with Crippen LogP contribution in [0.3, 0.4) is 0 Å². The predicted molar refractivity (Wildman–Crippen MR) is 81.0 cm³/mol. The number of nitrogens with zero attached hydrogens (tertiary/aromatic N) is 2. The third-order valence-corrected chi connectivity index (χ3v) is 4.22. The van der Waals surface area contributed by atoms with Gasteiger partial charge in [-0.25, -0.2) is 9.76 Å². The van der Waals surface area contributed by atoms with Crippen LogP contribution >= 0.6 is 6.34 Å². The van der Waals surface area contributed by atoms with Gasteiger partial charge in [-0.05, 0) is 6.42 Å². The van der Waals surface area contributed by atoms with Crippen LogP contribution < -0.4 is 5.50 Å². The quantitative estimate of drug-likeness (QED) is 0.245. The predicted octanol–water partition coefficient (Wildman–Crippen LogP) is 2.59. The van der Waals surface area contributed by atoms with E-state index in [1.54, 1.807) is 0 Å². The van der Waals surface area contributed by atoms with Crippen molar-refractivity contribution < 1.29 is 0 Å². The van der Waals surface area contributed by atoms with E-state index < -0.39 is 6.34 Å². The summed E-state index contributed by atoms with van der Waals surface area (Å²) in [4.78, 5) is 3.80. The van der Waals surface area contributed by atoms with Crippen molar-refractivity contribution >= 4 is 36.4 Å². The zero-order valence-electron chi connectivity index (χ0n) is 10.1. The fourth-order valence-corrected chi connectivity index (χ4v) is 2.68. The number of rotatable bonds is 7. The molecule has 0 bridgehead atoms. The van der Waals surface area contributed by atoms with Crippen LogP contribution in [0.1, 0.15) is 32.6 Å². The summed E-state index contributed by atoms with van der Waals surface area (Å²) in [7, 11) is 0. The largest absolute Gasteiger partial charge is 0.286 e. The summed E-state index contributed by atoms with van der Waals surface area (Å²) < 4.78 is 4.14. The van der Waals surface area contributed by atoms with E-state index in [2.05, 4.69) is 22.6 Å². The van der Waals surface area contributed by atoms with E-state index in [1.165, 1.54) is 12.4 Å². The van der Waals surface area contributed by atoms with E-state index in [9.17, 15) is 0 Å². The molecule has 6 heteroatoms. The maximum absolute atomic E-state index is 7.31. The smallest absolute Gasteiger partial charge is 0.132 e. The van der Waals surface area contributed by atoms with Crippen LogP contribution in [0.5, 0.6) is 0 Å². The summed E-state index contributed by atoms with van der Waals surface area (Å²) in [5, 5.41) is 7.31. The Balaban J connectivity index is 4.10. The summed E-state index contributed by atoms with van der Waals surface area (Å²) in [5.74, 6) is 2.47. The summed E-state index contributed by atoms with van der Waals surface area (Å²) in [6.07, 6.45) is 10.1. The van der Waals surface area contributed by atoms with Gasteiger partial charge in [-0.15, -0.1) is 6.42 Å². The number of nitrogens with two attached hydrogens (primary N) is 1. The second kappa shape index (κ2) is 9.23. The molecule has 94 valence electrons. The van der Waals surface area contributed by atoms with Crippen LogP contribution in [0, 0.1) is 17.8 Å². The molecule has 17 heavy (non-hydrogen) atoms. The maximum atomic E-state index is 7.31. The molecular weight excluding hydrogens is 251 g/mol. The van der Waals surface area contributed by atoms with Crippen LogP contribution in [-0.2, 0) is 11.8 Å². The van der Waals surface area contributed by atoms with E-state index in [0.717, 1.165) is 25.4 Å². The van der Waals surface area contributed by atoms with Gasteiger partial charge in [0.1, 0.15) is 12.2 Å². The molecule has 0 amide bonds.